The van der Waals surface area contributed by atoms with Crippen molar-refractivity contribution in [2.45, 2.75) is 25.6 Å². The third-order valence-electron chi connectivity index (χ3n) is 4.68. The number of nitrogens with zero attached hydrogens (tertiary/aromatic N) is 3. The maximum absolute atomic E-state index is 12.3. The third kappa shape index (κ3) is 6.03. The highest BCUT2D eigenvalue weighted by atomic mass is 19.4. The van der Waals surface area contributed by atoms with Crippen molar-refractivity contribution < 1.29 is 22.7 Å². The van der Waals surface area contributed by atoms with Crippen molar-refractivity contribution in [3.63, 3.8) is 0 Å². The second-order valence-electron chi connectivity index (χ2n) is 6.97. The summed E-state index contributed by atoms with van der Waals surface area (Å²) >= 11 is 0. The number of aromatic nitrogens is 3. The number of ether oxygens (including phenoxy) is 1. The highest BCUT2D eigenvalue weighted by Gasteiger charge is 2.31. The van der Waals surface area contributed by atoms with Gasteiger partial charge in [0.25, 0.3) is 5.91 Å². The standard InChI is InChI=1S/C16H12F3N5O2.C5H11N/c1-21-15(25)10-6-11(24-13-12(10)22-7-23-14(13)20)8-2-4-9(5-3-8)26-16(17,18)19;1-2-4-6-5-3-1/h2-7H,1H3,(H,21,25)(H2,20,22,23);6H,1-5H2. The summed E-state index contributed by atoms with van der Waals surface area (Å²) in [5.74, 6) is -0.691. The molecular formula is C21H23F3N6O2. The molecule has 3 heterocycles. The Morgan fingerprint density at radius 2 is 1.78 bits per heavy atom. The van der Waals surface area contributed by atoms with E-state index >= 15 is 0 Å². The van der Waals surface area contributed by atoms with Crippen LogP contribution in [0, 0.1) is 0 Å². The summed E-state index contributed by atoms with van der Waals surface area (Å²) in [7, 11) is 1.46. The number of alkyl halides is 3. The zero-order valence-corrected chi connectivity index (χ0v) is 17.4. The first-order chi connectivity index (χ1) is 15.3. The topological polar surface area (TPSA) is 115 Å². The number of carbonyl (C=O) groups excluding carboxylic acids is 1. The van der Waals surface area contributed by atoms with Gasteiger partial charge in [0.15, 0.2) is 5.82 Å². The Morgan fingerprint density at radius 1 is 1.09 bits per heavy atom. The minimum absolute atomic E-state index is 0.0824. The average molecular weight is 448 g/mol. The first kappa shape index (κ1) is 23.2. The second-order valence-corrected chi connectivity index (χ2v) is 6.97. The normalized spacial score (nSPS) is 13.8. The number of rotatable bonds is 3. The molecule has 1 aromatic carbocycles. The van der Waals surface area contributed by atoms with E-state index in [9.17, 15) is 18.0 Å². The van der Waals surface area contributed by atoms with Crippen LogP contribution in [0.25, 0.3) is 22.3 Å². The van der Waals surface area contributed by atoms with Crippen LogP contribution >= 0.6 is 0 Å². The Kier molecular flexibility index (Phi) is 7.41. The molecule has 1 aliphatic heterocycles. The van der Waals surface area contributed by atoms with E-state index < -0.39 is 12.3 Å². The van der Waals surface area contributed by atoms with E-state index in [0.717, 1.165) is 12.1 Å². The van der Waals surface area contributed by atoms with E-state index in [2.05, 4.69) is 30.3 Å². The molecule has 32 heavy (non-hydrogen) atoms. The number of halogens is 3. The van der Waals surface area contributed by atoms with Gasteiger partial charge in [-0.05, 0) is 56.3 Å². The van der Waals surface area contributed by atoms with Gasteiger partial charge in [-0.1, -0.05) is 6.42 Å². The fraction of sp³-hybridized carbons (Fsp3) is 0.333. The molecule has 2 aromatic heterocycles. The molecule has 0 bridgehead atoms. The summed E-state index contributed by atoms with van der Waals surface area (Å²) in [5, 5.41) is 5.78. The molecule has 1 amide bonds. The number of benzene rings is 1. The van der Waals surface area contributed by atoms with Crippen LogP contribution in [-0.4, -0.2) is 47.4 Å². The second kappa shape index (κ2) is 10.2. The van der Waals surface area contributed by atoms with Gasteiger partial charge in [0.05, 0.1) is 11.3 Å². The summed E-state index contributed by atoms with van der Waals surface area (Å²) < 4.78 is 40.6. The fourth-order valence-corrected chi connectivity index (χ4v) is 3.14. The molecule has 1 saturated heterocycles. The summed E-state index contributed by atoms with van der Waals surface area (Å²) in [5.41, 5.74) is 7.33. The number of fused-ring (bicyclic) bond motifs is 1. The largest absolute Gasteiger partial charge is 0.573 e. The number of hydrogen-bond donors (Lipinski definition) is 3. The zero-order valence-electron chi connectivity index (χ0n) is 17.4. The Bertz CT molecular complexity index is 1060. The summed E-state index contributed by atoms with van der Waals surface area (Å²) in [6.45, 7) is 2.50. The van der Waals surface area contributed by atoms with Gasteiger partial charge in [-0.3, -0.25) is 4.79 Å². The molecule has 4 N–H and O–H groups in total. The lowest BCUT2D eigenvalue weighted by molar-refractivity contribution is -0.274. The lowest BCUT2D eigenvalue weighted by Gasteiger charge is -2.11. The number of amides is 1. The highest BCUT2D eigenvalue weighted by Crippen LogP contribution is 2.28. The molecule has 0 aliphatic carbocycles. The first-order valence-electron chi connectivity index (χ1n) is 9.98. The number of nitrogens with two attached hydrogens (primary N) is 1. The maximum Gasteiger partial charge on any atom is 0.573 e. The van der Waals surface area contributed by atoms with Gasteiger partial charge in [0, 0.05) is 12.6 Å². The average Bonchev–Trinajstić information content (AvgIpc) is 2.79. The number of nitrogen functional groups attached to an aromatic ring is 1. The predicted molar refractivity (Wildman–Crippen MR) is 114 cm³/mol. The van der Waals surface area contributed by atoms with E-state index in [4.69, 9.17) is 5.73 Å². The highest BCUT2D eigenvalue weighted by molar-refractivity contribution is 6.07. The van der Waals surface area contributed by atoms with Crippen molar-refractivity contribution in [2.75, 3.05) is 25.9 Å². The van der Waals surface area contributed by atoms with Gasteiger partial charge < -0.3 is 21.1 Å². The van der Waals surface area contributed by atoms with Gasteiger partial charge in [0.2, 0.25) is 0 Å². The van der Waals surface area contributed by atoms with Gasteiger partial charge in [0.1, 0.15) is 23.1 Å². The quantitative estimate of drug-likeness (QED) is 0.563. The Balaban J connectivity index is 0.000000416. The van der Waals surface area contributed by atoms with Crippen molar-refractivity contribution in [3.05, 3.63) is 42.2 Å². The number of carbonyl (C=O) groups is 1. The Hall–Kier alpha value is -3.47. The van der Waals surface area contributed by atoms with Gasteiger partial charge in [-0.25, -0.2) is 15.0 Å². The van der Waals surface area contributed by atoms with Crippen LogP contribution in [0.5, 0.6) is 5.75 Å². The molecule has 4 rings (SSSR count). The van der Waals surface area contributed by atoms with Crippen molar-refractivity contribution >= 4 is 22.8 Å². The van der Waals surface area contributed by atoms with Crippen molar-refractivity contribution in [1.29, 1.82) is 0 Å². The van der Waals surface area contributed by atoms with Crippen LogP contribution in [0.15, 0.2) is 36.7 Å². The van der Waals surface area contributed by atoms with Gasteiger partial charge >= 0.3 is 6.36 Å². The molecule has 0 radical (unpaired) electrons. The maximum atomic E-state index is 12.3. The lowest BCUT2D eigenvalue weighted by atomic mass is 10.1. The number of pyridine rings is 1. The van der Waals surface area contributed by atoms with Crippen molar-refractivity contribution in [3.8, 4) is 17.0 Å². The SMILES string of the molecule is C1CCNCC1.CNC(=O)c1cc(-c2ccc(OC(F)(F)F)cc2)nc2c(N)ncnc12. The van der Waals surface area contributed by atoms with Crippen LogP contribution in [0.2, 0.25) is 0 Å². The van der Waals surface area contributed by atoms with Crippen LogP contribution in [0.4, 0.5) is 19.0 Å². The summed E-state index contributed by atoms with van der Waals surface area (Å²) in [6, 6.07) is 6.57. The molecular weight excluding hydrogens is 425 g/mol. The van der Waals surface area contributed by atoms with E-state index in [1.165, 1.54) is 63.9 Å². The van der Waals surface area contributed by atoms with Crippen molar-refractivity contribution in [1.82, 2.24) is 25.6 Å². The summed E-state index contributed by atoms with van der Waals surface area (Å²) in [6.07, 6.45) is 0.655. The summed E-state index contributed by atoms with van der Waals surface area (Å²) in [4.78, 5) is 24.4. The predicted octanol–water partition coefficient (Wildman–Crippen LogP) is 3.29. The minimum atomic E-state index is -4.78. The molecule has 170 valence electrons. The molecule has 0 unspecified atom stereocenters. The fourth-order valence-electron chi connectivity index (χ4n) is 3.14. The minimum Gasteiger partial charge on any atom is -0.406 e. The third-order valence-corrected chi connectivity index (χ3v) is 4.68. The van der Waals surface area contributed by atoms with Crippen molar-refractivity contribution in [2.24, 2.45) is 0 Å². The molecule has 0 atom stereocenters. The van der Waals surface area contributed by atoms with E-state index in [-0.39, 0.29) is 28.2 Å². The monoisotopic (exact) mass is 448 g/mol. The molecule has 0 saturated carbocycles. The Labute approximate surface area is 182 Å². The first-order valence-corrected chi connectivity index (χ1v) is 9.98. The molecule has 1 fully saturated rings. The molecule has 1 aliphatic rings. The number of hydrogen-bond acceptors (Lipinski definition) is 7. The van der Waals surface area contributed by atoms with E-state index in [1.54, 1.807) is 0 Å². The smallest absolute Gasteiger partial charge is 0.406 e. The molecule has 11 heteroatoms. The van der Waals surface area contributed by atoms with Crippen LogP contribution in [0.1, 0.15) is 29.6 Å². The number of nitrogens with one attached hydrogen (secondary N) is 2. The van der Waals surface area contributed by atoms with E-state index in [0.29, 0.717) is 11.3 Å². The lowest BCUT2D eigenvalue weighted by Crippen LogP contribution is -2.21. The number of anilines is 1. The van der Waals surface area contributed by atoms with Gasteiger partial charge in [-0.2, -0.15) is 0 Å². The molecule has 8 nitrogen and oxygen atoms in total. The number of piperidine rings is 1. The van der Waals surface area contributed by atoms with Crippen LogP contribution < -0.4 is 21.1 Å². The zero-order chi connectivity index (χ0) is 23.1. The van der Waals surface area contributed by atoms with Crippen LogP contribution in [0.3, 0.4) is 0 Å². The molecule has 3 aromatic rings. The molecule has 0 spiro atoms. The Morgan fingerprint density at radius 3 is 2.31 bits per heavy atom. The van der Waals surface area contributed by atoms with Crippen LogP contribution in [-0.2, 0) is 0 Å². The van der Waals surface area contributed by atoms with Gasteiger partial charge in [-0.15, -0.1) is 13.2 Å². The van der Waals surface area contributed by atoms with E-state index in [1.807, 2.05) is 0 Å².